The van der Waals surface area contributed by atoms with Crippen molar-refractivity contribution in [1.29, 1.82) is 0 Å². The Morgan fingerprint density at radius 1 is 1.03 bits per heavy atom. The number of benzene rings is 1. The predicted molar refractivity (Wildman–Crippen MR) is 139 cm³/mol. The molecule has 0 radical (unpaired) electrons. The molecular weight excluding hydrogens is 490 g/mol. The Morgan fingerprint density at radius 2 is 1.66 bits per heavy atom. The van der Waals surface area contributed by atoms with E-state index in [4.69, 9.17) is 9.47 Å². The molecule has 206 valence electrons. The van der Waals surface area contributed by atoms with Crippen molar-refractivity contribution in [3.05, 3.63) is 53.6 Å². The number of piperazine rings is 1. The van der Waals surface area contributed by atoms with Crippen molar-refractivity contribution in [3.63, 3.8) is 0 Å². The Balaban J connectivity index is 1.62. The van der Waals surface area contributed by atoms with Crippen LogP contribution in [0.2, 0.25) is 0 Å². The van der Waals surface area contributed by atoms with E-state index in [0.717, 1.165) is 5.56 Å². The van der Waals surface area contributed by atoms with Gasteiger partial charge in [-0.05, 0) is 38.7 Å². The first-order valence-electron chi connectivity index (χ1n) is 12.8. The molecule has 1 aliphatic rings. The molecule has 0 spiro atoms. The number of carbonyl (C=O) groups is 4. The van der Waals surface area contributed by atoms with Crippen LogP contribution in [0.25, 0.3) is 0 Å². The molecule has 3 rings (SSSR count). The van der Waals surface area contributed by atoms with E-state index in [1.54, 1.807) is 30.6 Å². The first-order chi connectivity index (χ1) is 17.9. The number of hydrogen-bond acceptors (Lipinski definition) is 7. The summed E-state index contributed by atoms with van der Waals surface area (Å²) in [4.78, 5) is 61.3. The van der Waals surface area contributed by atoms with Gasteiger partial charge in [0.2, 0.25) is 0 Å². The zero-order valence-electron chi connectivity index (χ0n) is 22.7. The lowest BCUT2D eigenvalue weighted by molar-refractivity contribution is -0.147. The van der Waals surface area contributed by atoms with Gasteiger partial charge in [0.15, 0.2) is 5.69 Å². The summed E-state index contributed by atoms with van der Waals surface area (Å²) < 4.78 is 10.8. The number of ether oxygens (including phenoxy) is 2. The highest BCUT2D eigenvalue weighted by atomic mass is 16.6. The summed E-state index contributed by atoms with van der Waals surface area (Å²) in [5, 5.41) is 2.69. The van der Waals surface area contributed by atoms with Crippen LogP contribution < -0.4 is 5.32 Å². The van der Waals surface area contributed by atoms with Crippen LogP contribution >= 0.6 is 0 Å². The lowest BCUT2D eigenvalue weighted by Gasteiger charge is -2.35. The molecule has 2 aromatic rings. The molecule has 38 heavy (non-hydrogen) atoms. The summed E-state index contributed by atoms with van der Waals surface area (Å²) in [7, 11) is 0. The molecule has 1 aromatic carbocycles. The minimum Gasteiger partial charge on any atom is -0.459 e. The molecule has 1 aromatic heterocycles. The Labute approximate surface area is 222 Å². The summed E-state index contributed by atoms with van der Waals surface area (Å²) in [5.74, 6) is -1.52. The third-order valence-electron chi connectivity index (χ3n) is 5.81. The monoisotopic (exact) mass is 527 g/mol. The van der Waals surface area contributed by atoms with E-state index in [9.17, 15) is 19.2 Å². The van der Waals surface area contributed by atoms with Crippen LogP contribution in [0.4, 0.5) is 4.79 Å². The zero-order chi connectivity index (χ0) is 27.9. The third kappa shape index (κ3) is 8.06. The second-order valence-corrected chi connectivity index (χ2v) is 10.6. The van der Waals surface area contributed by atoms with Gasteiger partial charge >= 0.3 is 12.1 Å². The molecule has 2 N–H and O–H groups in total. The highest BCUT2D eigenvalue weighted by Crippen LogP contribution is 2.15. The quantitative estimate of drug-likeness (QED) is 0.504. The fourth-order valence-electron chi connectivity index (χ4n) is 3.95. The molecule has 1 fully saturated rings. The van der Waals surface area contributed by atoms with Gasteiger partial charge in [-0.15, -0.1) is 0 Å². The van der Waals surface area contributed by atoms with Gasteiger partial charge in [0.05, 0.1) is 6.33 Å². The number of hydrogen-bond donors (Lipinski definition) is 2. The highest BCUT2D eigenvalue weighted by Gasteiger charge is 2.32. The van der Waals surface area contributed by atoms with Crippen LogP contribution in [-0.4, -0.2) is 81.5 Å². The van der Waals surface area contributed by atoms with E-state index < -0.39 is 35.5 Å². The molecule has 1 atom stereocenters. The number of esters is 1. The minimum absolute atomic E-state index is 0.0224. The van der Waals surface area contributed by atoms with Crippen molar-refractivity contribution in [3.8, 4) is 0 Å². The molecule has 11 heteroatoms. The second-order valence-electron chi connectivity index (χ2n) is 10.6. The van der Waals surface area contributed by atoms with Gasteiger partial charge in [-0.1, -0.05) is 44.2 Å². The van der Waals surface area contributed by atoms with E-state index in [2.05, 4.69) is 15.3 Å². The Morgan fingerprint density at radius 3 is 2.26 bits per heavy atom. The second kappa shape index (κ2) is 12.6. The number of imidazole rings is 1. The summed E-state index contributed by atoms with van der Waals surface area (Å²) in [6, 6.07) is 8.37. The fraction of sp³-hybridized carbons (Fsp3) is 0.519. The van der Waals surface area contributed by atoms with Crippen LogP contribution in [0, 0.1) is 5.92 Å². The molecule has 11 nitrogen and oxygen atoms in total. The number of nitrogens with zero attached hydrogens (tertiary/aromatic N) is 3. The average molecular weight is 528 g/mol. The molecule has 0 saturated carbocycles. The van der Waals surface area contributed by atoms with Gasteiger partial charge in [0.25, 0.3) is 11.8 Å². The van der Waals surface area contributed by atoms with E-state index >= 15 is 0 Å². The van der Waals surface area contributed by atoms with Gasteiger partial charge < -0.3 is 29.6 Å². The lowest BCUT2D eigenvalue weighted by atomic mass is 10.0. The summed E-state index contributed by atoms with van der Waals surface area (Å²) in [6.45, 7) is 10.5. The molecule has 0 bridgehead atoms. The number of aromatic nitrogens is 2. The van der Waals surface area contributed by atoms with Gasteiger partial charge in [-0.25, -0.2) is 14.6 Å². The van der Waals surface area contributed by atoms with Crippen LogP contribution in [0.1, 0.15) is 67.6 Å². The van der Waals surface area contributed by atoms with Crippen molar-refractivity contribution >= 4 is 23.9 Å². The highest BCUT2D eigenvalue weighted by molar-refractivity contribution is 6.05. The Hall–Kier alpha value is -3.89. The number of H-pyrrole nitrogens is 1. The summed E-state index contributed by atoms with van der Waals surface area (Å²) in [5.41, 5.74) is 0.148. The van der Waals surface area contributed by atoms with Crippen molar-refractivity contribution in [1.82, 2.24) is 25.1 Å². The molecular formula is C27H37N5O6. The van der Waals surface area contributed by atoms with Crippen molar-refractivity contribution < 1.29 is 28.7 Å². The zero-order valence-corrected chi connectivity index (χ0v) is 22.7. The minimum atomic E-state index is -0.900. The summed E-state index contributed by atoms with van der Waals surface area (Å²) >= 11 is 0. The van der Waals surface area contributed by atoms with Crippen LogP contribution in [-0.2, 0) is 20.9 Å². The Bertz CT molecular complexity index is 1120. The summed E-state index contributed by atoms with van der Waals surface area (Å²) in [6.07, 6.45) is 1.20. The maximum atomic E-state index is 13.2. The standard InChI is InChI=1S/C27H37N5O6/c1-18(2)15-20(25(35)37-16-19-9-7-6-8-10-19)30-23(33)21-22(29-17-28-21)24(34)31-11-13-32(14-12-31)26(36)38-27(3,4)5/h6-10,17-18,20H,11-16H2,1-5H3,(H,28,29)(H,30,33)/t20-/m0/s1. The average Bonchev–Trinajstić information content (AvgIpc) is 3.36. The van der Waals surface area contributed by atoms with E-state index in [1.807, 2.05) is 44.2 Å². The first kappa shape index (κ1) is 28.7. The van der Waals surface area contributed by atoms with E-state index in [-0.39, 0.29) is 37.0 Å². The van der Waals surface area contributed by atoms with Crippen molar-refractivity contribution in [2.75, 3.05) is 26.2 Å². The third-order valence-corrected chi connectivity index (χ3v) is 5.81. The van der Waals surface area contributed by atoms with Gasteiger partial charge in [0, 0.05) is 26.2 Å². The number of amides is 3. The van der Waals surface area contributed by atoms with Gasteiger partial charge in [-0.3, -0.25) is 9.59 Å². The van der Waals surface area contributed by atoms with E-state index in [0.29, 0.717) is 19.5 Å². The van der Waals surface area contributed by atoms with Gasteiger partial charge in [-0.2, -0.15) is 0 Å². The van der Waals surface area contributed by atoms with Crippen LogP contribution in [0.15, 0.2) is 36.7 Å². The largest absolute Gasteiger partial charge is 0.459 e. The number of carbonyl (C=O) groups excluding carboxylic acids is 4. The molecule has 1 aliphatic heterocycles. The first-order valence-corrected chi connectivity index (χ1v) is 12.8. The van der Waals surface area contributed by atoms with Gasteiger partial charge in [0.1, 0.15) is 23.9 Å². The number of nitrogens with one attached hydrogen (secondary N) is 2. The van der Waals surface area contributed by atoms with Crippen LogP contribution in [0.3, 0.4) is 0 Å². The normalized spacial score (nSPS) is 14.7. The maximum Gasteiger partial charge on any atom is 0.410 e. The molecule has 0 aliphatic carbocycles. The van der Waals surface area contributed by atoms with Crippen molar-refractivity contribution in [2.24, 2.45) is 5.92 Å². The topological polar surface area (TPSA) is 134 Å². The maximum absolute atomic E-state index is 13.2. The van der Waals surface area contributed by atoms with E-state index in [1.165, 1.54) is 6.33 Å². The fourth-order valence-corrected chi connectivity index (χ4v) is 3.95. The number of aromatic amines is 1. The Kier molecular flexibility index (Phi) is 9.49. The molecule has 1 saturated heterocycles. The molecule has 3 amide bonds. The molecule has 0 unspecified atom stereocenters. The predicted octanol–water partition coefficient (Wildman–Crippen LogP) is 2.99. The number of rotatable bonds is 8. The smallest absolute Gasteiger partial charge is 0.410 e. The lowest BCUT2D eigenvalue weighted by Crippen LogP contribution is -2.52. The molecule has 2 heterocycles. The SMILES string of the molecule is CC(C)C[C@H](NC(=O)c1nc[nH]c1C(=O)N1CCN(C(=O)OC(C)(C)C)CC1)C(=O)OCc1ccccc1. The van der Waals surface area contributed by atoms with Crippen molar-refractivity contribution in [2.45, 2.75) is 59.3 Å². The van der Waals surface area contributed by atoms with Crippen LogP contribution in [0.5, 0.6) is 0 Å².